The van der Waals surface area contributed by atoms with Crippen LogP contribution in [0.5, 0.6) is 28.9 Å². The van der Waals surface area contributed by atoms with Crippen LogP contribution in [0.15, 0.2) is 65.7 Å². The molecule has 0 saturated heterocycles. The van der Waals surface area contributed by atoms with Gasteiger partial charge in [0.05, 0.1) is 13.1 Å². The molecule has 0 bridgehead atoms. The van der Waals surface area contributed by atoms with Crippen LogP contribution in [-0.4, -0.2) is 66.6 Å². The van der Waals surface area contributed by atoms with Gasteiger partial charge in [-0.05, 0) is 35.2 Å². The molecule has 11 nitrogen and oxygen atoms in total. The second-order valence-electron chi connectivity index (χ2n) is 8.51. The fourth-order valence-corrected chi connectivity index (χ4v) is 3.83. The number of phenols is 4. The summed E-state index contributed by atoms with van der Waals surface area (Å²) in [6.45, 7) is 0.765. The van der Waals surface area contributed by atoms with Crippen LogP contribution in [0.25, 0.3) is 0 Å². The van der Waals surface area contributed by atoms with Gasteiger partial charge in [-0.1, -0.05) is 30.3 Å². The first-order valence-corrected chi connectivity index (χ1v) is 11.5. The van der Waals surface area contributed by atoms with E-state index in [4.69, 9.17) is 0 Å². The van der Waals surface area contributed by atoms with Crippen molar-refractivity contribution in [3.63, 3.8) is 0 Å². The average Bonchev–Trinajstić information content (AvgIpc) is 3.25. The molecular formula is C24H24B2N4O7. The maximum absolute atomic E-state index is 12.5. The van der Waals surface area contributed by atoms with Gasteiger partial charge in [-0.25, -0.2) is 0 Å². The Morgan fingerprint density at radius 1 is 0.919 bits per heavy atom. The van der Waals surface area contributed by atoms with Gasteiger partial charge in [-0.2, -0.15) is 0 Å². The van der Waals surface area contributed by atoms with Gasteiger partial charge in [0.15, 0.2) is 11.5 Å². The molecular weight excluding hydrogens is 478 g/mol. The van der Waals surface area contributed by atoms with Crippen molar-refractivity contribution in [3.05, 3.63) is 88.0 Å². The van der Waals surface area contributed by atoms with E-state index in [1.54, 1.807) is 22.9 Å². The first-order valence-electron chi connectivity index (χ1n) is 11.5. The van der Waals surface area contributed by atoms with Crippen LogP contribution in [0, 0.1) is 0 Å². The molecule has 0 fully saturated rings. The van der Waals surface area contributed by atoms with E-state index in [1.165, 1.54) is 16.9 Å². The van der Waals surface area contributed by atoms with Gasteiger partial charge in [-0.3, -0.25) is 14.3 Å². The molecule has 4 aromatic rings. The molecule has 0 saturated carbocycles. The van der Waals surface area contributed by atoms with E-state index in [9.17, 15) is 35.1 Å². The number of nitrogens with one attached hydrogen (secondary N) is 1. The Labute approximate surface area is 212 Å². The highest BCUT2D eigenvalue weighted by Gasteiger charge is 2.18. The number of hydrogen-bond donors (Lipinski definition) is 6. The molecule has 6 N–H and O–H groups in total. The van der Waals surface area contributed by atoms with Gasteiger partial charge in [0.2, 0.25) is 17.4 Å². The monoisotopic (exact) mass is 502 g/mol. The third-order valence-corrected chi connectivity index (χ3v) is 5.82. The summed E-state index contributed by atoms with van der Waals surface area (Å²) in [6.07, 6.45) is 3.34. The fraction of sp³-hybridized carbons (Fsp3) is 0.125. The first-order chi connectivity index (χ1) is 17.7. The van der Waals surface area contributed by atoms with Crippen molar-refractivity contribution in [3.8, 4) is 28.9 Å². The number of aromatic hydroxyl groups is 5. The van der Waals surface area contributed by atoms with Crippen molar-refractivity contribution in [2.75, 3.05) is 6.44 Å². The summed E-state index contributed by atoms with van der Waals surface area (Å²) in [7, 11) is 0.549. The molecule has 4 rings (SSSR count). The number of rotatable bonds is 9. The highest BCUT2D eigenvalue weighted by Crippen LogP contribution is 2.39. The lowest BCUT2D eigenvalue weighted by molar-refractivity contribution is 0.0957. The molecule has 2 heterocycles. The highest BCUT2D eigenvalue weighted by atomic mass is 16.3. The van der Waals surface area contributed by atoms with E-state index in [2.05, 4.69) is 10.4 Å². The number of phenolic OH excluding ortho intramolecular Hbond substituents is 4. The zero-order valence-electron chi connectivity index (χ0n) is 19.7. The van der Waals surface area contributed by atoms with Gasteiger partial charge in [0.25, 0.3) is 11.5 Å². The van der Waals surface area contributed by atoms with Crippen LogP contribution in [0.1, 0.15) is 21.5 Å². The minimum atomic E-state index is -0.808. The molecule has 2 aromatic carbocycles. The SMILES string of the molecule is O=C(NCBBc1cc(O)c(O)c(O)c1O)c1cn(Cc2ccc(Cn3ccccc3=O)cc2)nc1O. The van der Waals surface area contributed by atoms with Crippen molar-refractivity contribution >= 4 is 25.7 Å². The zero-order chi connectivity index (χ0) is 26.5. The van der Waals surface area contributed by atoms with E-state index in [-0.39, 0.29) is 30.2 Å². The lowest BCUT2D eigenvalue weighted by Gasteiger charge is -2.08. The molecule has 0 aliphatic rings. The van der Waals surface area contributed by atoms with E-state index in [1.807, 2.05) is 24.3 Å². The van der Waals surface area contributed by atoms with Crippen molar-refractivity contribution in [1.29, 1.82) is 0 Å². The Kier molecular flexibility index (Phi) is 7.42. The van der Waals surface area contributed by atoms with Crippen LogP contribution >= 0.6 is 0 Å². The topological polar surface area (TPSA) is 170 Å². The summed E-state index contributed by atoms with van der Waals surface area (Å²) in [5.41, 5.74) is 1.97. The number of carbonyl (C=O) groups excluding carboxylic acids is 1. The lowest BCUT2D eigenvalue weighted by Crippen LogP contribution is -2.33. The third-order valence-electron chi connectivity index (χ3n) is 5.82. The van der Waals surface area contributed by atoms with Gasteiger partial charge in [-0.15, -0.1) is 5.10 Å². The lowest BCUT2D eigenvalue weighted by atomic mass is 9.36. The Bertz CT molecular complexity index is 1490. The molecule has 188 valence electrons. The summed E-state index contributed by atoms with van der Waals surface area (Å²) in [5.74, 6) is -3.66. The van der Waals surface area contributed by atoms with Crippen molar-refractivity contribution in [2.24, 2.45) is 0 Å². The normalized spacial score (nSPS) is 10.7. The van der Waals surface area contributed by atoms with Crippen molar-refractivity contribution in [1.82, 2.24) is 19.7 Å². The Morgan fingerprint density at radius 3 is 2.32 bits per heavy atom. The Balaban J connectivity index is 1.31. The molecule has 2 aromatic heterocycles. The standard InChI is InChI=1S/C24H24B2N4O7/c31-18-9-17(20(33)22(35)21(18)34)26-25-13-27-23(36)16-12-30(28-24(16)37)11-15-6-4-14(5-7-15)10-29-8-2-1-3-19(29)32/h1-9,12,25-26,31,33-35H,10-11,13H2,(H,27,36)(H,28,37). The third kappa shape index (κ3) is 5.89. The maximum Gasteiger partial charge on any atom is 0.257 e. The van der Waals surface area contributed by atoms with Crippen LogP contribution in [0.4, 0.5) is 0 Å². The number of carbonyl (C=O) groups is 1. The summed E-state index contributed by atoms with van der Waals surface area (Å²) >= 11 is 0. The summed E-state index contributed by atoms with van der Waals surface area (Å²) < 4.78 is 3.05. The number of pyridine rings is 1. The molecule has 1 amide bonds. The van der Waals surface area contributed by atoms with E-state index in [0.29, 0.717) is 20.3 Å². The second-order valence-corrected chi connectivity index (χ2v) is 8.51. The number of benzene rings is 2. The van der Waals surface area contributed by atoms with E-state index in [0.717, 1.165) is 17.2 Å². The quantitative estimate of drug-likeness (QED) is 0.0768. The number of aromatic nitrogens is 3. The predicted molar refractivity (Wildman–Crippen MR) is 139 cm³/mol. The molecule has 0 aliphatic heterocycles. The number of hydrogen-bond acceptors (Lipinski definition) is 8. The molecule has 0 spiro atoms. The number of nitrogens with zero attached hydrogens (tertiary/aromatic N) is 3. The summed E-state index contributed by atoms with van der Waals surface area (Å²) in [6, 6.07) is 13.7. The first kappa shape index (κ1) is 25.3. The molecule has 0 unspecified atom stereocenters. The van der Waals surface area contributed by atoms with Crippen LogP contribution in [0.3, 0.4) is 0 Å². The summed E-state index contributed by atoms with van der Waals surface area (Å²) in [5, 5.41) is 55.3. The Morgan fingerprint density at radius 2 is 1.62 bits per heavy atom. The fourth-order valence-electron chi connectivity index (χ4n) is 3.83. The molecule has 37 heavy (non-hydrogen) atoms. The van der Waals surface area contributed by atoms with Gasteiger partial charge >= 0.3 is 0 Å². The molecule has 13 heteroatoms. The maximum atomic E-state index is 12.5. The van der Waals surface area contributed by atoms with Gasteiger partial charge in [0.1, 0.15) is 19.9 Å². The highest BCUT2D eigenvalue weighted by molar-refractivity contribution is 7.07. The van der Waals surface area contributed by atoms with Crippen molar-refractivity contribution in [2.45, 2.75) is 13.1 Å². The van der Waals surface area contributed by atoms with Crippen LogP contribution in [-0.2, 0) is 13.1 Å². The molecule has 0 atom stereocenters. The Hall–Kier alpha value is -4.80. The molecule has 0 radical (unpaired) electrons. The van der Waals surface area contributed by atoms with Crippen molar-refractivity contribution < 1.29 is 30.3 Å². The van der Waals surface area contributed by atoms with E-state index < -0.39 is 34.8 Å². The van der Waals surface area contributed by atoms with Gasteiger partial charge in [0, 0.05) is 18.5 Å². The van der Waals surface area contributed by atoms with E-state index >= 15 is 0 Å². The minimum absolute atomic E-state index is 0.00263. The van der Waals surface area contributed by atoms with Crippen LogP contribution in [0.2, 0.25) is 0 Å². The smallest absolute Gasteiger partial charge is 0.257 e. The van der Waals surface area contributed by atoms with Crippen LogP contribution < -0.4 is 16.3 Å². The molecule has 0 aliphatic carbocycles. The zero-order valence-corrected chi connectivity index (χ0v) is 19.7. The average molecular weight is 502 g/mol. The number of amides is 1. The summed E-state index contributed by atoms with van der Waals surface area (Å²) in [4.78, 5) is 24.4. The second kappa shape index (κ2) is 10.9. The largest absolute Gasteiger partial charge is 0.505 e. The van der Waals surface area contributed by atoms with Gasteiger partial charge < -0.3 is 35.4 Å². The predicted octanol–water partition coefficient (Wildman–Crippen LogP) is -0.530. The minimum Gasteiger partial charge on any atom is -0.505 e.